The molecule has 9 heteroatoms. The fourth-order valence-corrected chi connectivity index (χ4v) is 4.99. The second kappa shape index (κ2) is 10.3. The van der Waals surface area contributed by atoms with E-state index in [2.05, 4.69) is 11.8 Å². The molecule has 2 unspecified atom stereocenters. The number of nitrogens with zero attached hydrogens (tertiary/aromatic N) is 4. The number of hydrogen-bond donors (Lipinski definition) is 0. The van der Waals surface area contributed by atoms with Gasteiger partial charge in [-0.1, -0.05) is 0 Å². The highest BCUT2D eigenvalue weighted by Gasteiger charge is 2.29. The van der Waals surface area contributed by atoms with Crippen molar-refractivity contribution in [1.82, 2.24) is 14.7 Å². The van der Waals surface area contributed by atoms with Crippen molar-refractivity contribution in [2.45, 2.75) is 49.3 Å². The lowest BCUT2D eigenvalue weighted by molar-refractivity contribution is -0.384. The number of nitro groups is 1. The van der Waals surface area contributed by atoms with E-state index >= 15 is 0 Å². The minimum atomic E-state index is -0.431. The summed E-state index contributed by atoms with van der Waals surface area (Å²) in [6.45, 7) is 7.91. The van der Waals surface area contributed by atoms with Crippen LogP contribution in [-0.2, 0) is 9.59 Å². The van der Waals surface area contributed by atoms with Gasteiger partial charge in [-0.2, -0.15) is 0 Å². The molecule has 0 aliphatic carbocycles. The molecule has 2 saturated heterocycles. The molecule has 3 rings (SSSR count). The Bertz CT molecular complexity index is 765. The van der Waals surface area contributed by atoms with E-state index in [1.165, 1.54) is 30.3 Å². The van der Waals surface area contributed by atoms with Crippen molar-refractivity contribution in [2.75, 3.05) is 39.3 Å². The van der Waals surface area contributed by atoms with Gasteiger partial charge in [0.05, 0.1) is 16.7 Å². The molecule has 0 bridgehead atoms. The van der Waals surface area contributed by atoms with Crippen molar-refractivity contribution >= 4 is 29.3 Å². The van der Waals surface area contributed by atoms with E-state index < -0.39 is 4.92 Å². The van der Waals surface area contributed by atoms with Crippen LogP contribution >= 0.6 is 11.8 Å². The summed E-state index contributed by atoms with van der Waals surface area (Å²) in [6.07, 6.45) is 3.36. The molecule has 0 radical (unpaired) electrons. The molecule has 8 nitrogen and oxygen atoms in total. The number of likely N-dealkylation sites (tertiary alicyclic amines) is 1. The summed E-state index contributed by atoms with van der Waals surface area (Å²) in [7, 11) is 0. The summed E-state index contributed by atoms with van der Waals surface area (Å²) in [4.78, 5) is 42.6. The number of rotatable bonds is 6. The molecule has 1 aromatic rings. The standard InChI is InChI=1S/C21H30N4O4S/c1-16-5-3-4-10-24(16)20(26)15-22-11-13-23(14-12-22)21(27)17(2)30-19-8-6-18(7-9-19)25(28)29/h6-9,16-17H,3-5,10-15H2,1-2H3. The number of carbonyl (C=O) groups is 2. The fraction of sp³-hybridized carbons (Fsp3) is 0.619. The highest BCUT2D eigenvalue weighted by Crippen LogP contribution is 2.26. The van der Waals surface area contributed by atoms with Crippen LogP contribution in [-0.4, -0.2) is 82.0 Å². The number of nitro benzene ring substituents is 1. The van der Waals surface area contributed by atoms with Crippen LogP contribution in [0.3, 0.4) is 0 Å². The normalized spacial score (nSPS) is 21.3. The largest absolute Gasteiger partial charge is 0.339 e. The molecule has 2 aliphatic heterocycles. The van der Waals surface area contributed by atoms with Gasteiger partial charge in [0.1, 0.15) is 0 Å². The quantitative estimate of drug-likeness (QED) is 0.389. The van der Waals surface area contributed by atoms with E-state index in [4.69, 9.17) is 0 Å². The van der Waals surface area contributed by atoms with Gasteiger partial charge in [0.15, 0.2) is 0 Å². The van der Waals surface area contributed by atoms with E-state index in [9.17, 15) is 19.7 Å². The molecule has 2 amide bonds. The van der Waals surface area contributed by atoms with Gasteiger partial charge < -0.3 is 9.80 Å². The molecule has 0 aromatic heterocycles. The van der Waals surface area contributed by atoms with E-state index in [1.54, 1.807) is 12.1 Å². The van der Waals surface area contributed by atoms with E-state index in [1.807, 2.05) is 16.7 Å². The maximum atomic E-state index is 12.8. The molecule has 2 atom stereocenters. The molecule has 2 fully saturated rings. The van der Waals surface area contributed by atoms with Gasteiger partial charge in [-0.3, -0.25) is 24.6 Å². The van der Waals surface area contributed by atoms with Crippen molar-refractivity contribution in [3.8, 4) is 0 Å². The third kappa shape index (κ3) is 5.72. The van der Waals surface area contributed by atoms with Crippen molar-refractivity contribution < 1.29 is 14.5 Å². The van der Waals surface area contributed by atoms with Gasteiger partial charge in [0.2, 0.25) is 11.8 Å². The van der Waals surface area contributed by atoms with Crippen LogP contribution < -0.4 is 0 Å². The lowest BCUT2D eigenvalue weighted by Gasteiger charge is -2.38. The predicted octanol–water partition coefficient (Wildman–Crippen LogP) is 2.62. The van der Waals surface area contributed by atoms with Gasteiger partial charge in [-0.25, -0.2) is 0 Å². The number of thioether (sulfide) groups is 1. The number of non-ortho nitro benzene ring substituents is 1. The Hall–Kier alpha value is -2.13. The predicted molar refractivity (Wildman–Crippen MR) is 116 cm³/mol. The first kappa shape index (κ1) is 22.6. The average molecular weight is 435 g/mol. The van der Waals surface area contributed by atoms with Crippen molar-refractivity contribution in [1.29, 1.82) is 0 Å². The second-order valence-corrected chi connectivity index (χ2v) is 9.46. The number of hydrogen-bond acceptors (Lipinski definition) is 6. The molecule has 0 saturated carbocycles. The Morgan fingerprint density at radius 1 is 1.13 bits per heavy atom. The third-order valence-corrected chi connectivity index (χ3v) is 6.97. The number of piperazine rings is 1. The smallest absolute Gasteiger partial charge is 0.269 e. The lowest BCUT2D eigenvalue weighted by Crippen LogP contribution is -2.54. The molecule has 0 N–H and O–H groups in total. The average Bonchev–Trinajstić information content (AvgIpc) is 2.74. The Balaban J connectivity index is 1.45. The summed E-state index contributed by atoms with van der Waals surface area (Å²) in [5, 5.41) is 10.5. The first-order valence-electron chi connectivity index (χ1n) is 10.6. The lowest BCUT2D eigenvalue weighted by atomic mass is 10.0. The zero-order valence-corrected chi connectivity index (χ0v) is 18.5. The Kier molecular flexibility index (Phi) is 7.71. The zero-order chi connectivity index (χ0) is 21.7. The summed E-state index contributed by atoms with van der Waals surface area (Å²) in [5.41, 5.74) is 0.0444. The summed E-state index contributed by atoms with van der Waals surface area (Å²) in [5.74, 6) is 0.262. The van der Waals surface area contributed by atoms with Gasteiger partial charge in [-0.05, 0) is 45.2 Å². The van der Waals surface area contributed by atoms with Crippen LogP contribution in [0.2, 0.25) is 0 Å². The maximum absolute atomic E-state index is 12.8. The maximum Gasteiger partial charge on any atom is 0.269 e. The number of carbonyl (C=O) groups excluding carboxylic acids is 2. The first-order chi connectivity index (χ1) is 14.3. The van der Waals surface area contributed by atoms with Gasteiger partial charge in [0, 0.05) is 55.8 Å². The van der Waals surface area contributed by atoms with Crippen LogP contribution in [0.25, 0.3) is 0 Å². The molecule has 30 heavy (non-hydrogen) atoms. The van der Waals surface area contributed by atoms with Gasteiger partial charge >= 0.3 is 0 Å². The molecule has 164 valence electrons. The minimum Gasteiger partial charge on any atom is -0.339 e. The fourth-order valence-electron chi connectivity index (χ4n) is 4.04. The SMILES string of the molecule is CC(Sc1ccc([N+](=O)[O-])cc1)C(=O)N1CCN(CC(=O)N2CCCCC2C)CC1. The first-order valence-corrected chi connectivity index (χ1v) is 11.4. The minimum absolute atomic E-state index is 0.0444. The van der Waals surface area contributed by atoms with Gasteiger partial charge in [0.25, 0.3) is 5.69 Å². The Morgan fingerprint density at radius 2 is 1.80 bits per heavy atom. The van der Waals surface area contributed by atoms with Crippen LogP contribution in [0.4, 0.5) is 5.69 Å². The molecule has 1 aromatic carbocycles. The van der Waals surface area contributed by atoms with Crippen molar-refractivity contribution in [3.05, 3.63) is 34.4 Å². The third-order valence-electron chi connectivity index (χ3n) is 5.87. The monoisotopic (exact) mass is 434 g/mol. The molecule has 0 spiro atoms. The van der Waals surface area contributed by atoms with Crippen LogP contribution in [0, 0.1) is 10.1 Å². The van der Waals surface area contributed by atoms with Crippen LogP contribution in [0.5, 0.6) is 0 Å². The molecule has 2 heterocycles. The topological polar surface area (TPSA) is 87.0 Å². The summed E-state index contributed by atoms with van der Waals surface area (Å²) in [6, 6.07) is 6.60. The van der Waals surface area contributed by atoms with Crippen LogP contribution in [0.15, 0.2) is 29.2 Å². The Morgan fingerprint density at radius 3 is 2.40 bits per heavy atom. The summed E-state index contributed by atoms with van der Waals surface area (Å²) < 4.78 is 0. The number of benzene rings is 1. The zero-order valence-electron chi connectivity index (χ0n) is 17.7. The molecular weight excluding hydrogens is 404 g/mol. The molecular formula is C21H30N4O4S. The number of piperidine rings is 1. The van der Waals surface area contributed by atoms with E-state index in [0.717, 1.165) is 24.3 Å². The van der Waals surface area contributed by atoms with E-state index in [0.29, 0.717) is 38.8 Å². The highest BCUT2D eigenvalue weighted by molar-refractivity contribution is 8.00. The van der Waals surface area contributed by atoms with Crippen molar-refractivity contribution in [3.63, 3.8) is 0 Å². The number of amides is 2. The Labute approximate surface area is 181 Å². The second-order valence-electron chi connectivity index (χ2n) is 8.04. The molecule has 2 aliphatic rings. The summed E-state index contributed by atoms with van der Waals surface area (Å²) >= 11 is 1.41. The van der Waals surface area contributed by atoms with Crippen molar-refractivity contribution in [2.24, 2.45) is 0 Å². The van der Waals surface area contributed by atoms with Gasteiger partial charge in [-0.15, -0.1) is 11.8 Å². The van der Waals surface area contributed by atoms with Crippen LogP contribution in [0.1, 0.15) is 33.1 Å². The highest BCUT2D eigenvalue weighted by atomic mass is 32.2. The van der Waals surface area contributed by atoms with E-state index in [-0.39, 0.29) is 22.8 Å².